The van der Waals surface area contributed by atoms with Gasteiger partial charge in [-0.15, -0.1) is 0 Å². The van der Waals surface area contributed by atoms with Crippen LogP contribution in [0.3, 0.4) is 0 Å². The van der Waals surface area contributed by atoms with Crippen LogP contribution in [0.1, 0.15) is 18.2 Å². The number of amides is 2. The van der Waals surface area contributed by atoms with Crippen molar-refractivity contribution in [2.45, 2.75) is 18.5 Å². The quantitative estimate of drug-likeness (QED) is 0.557. The number of hydrogen-bond donors (Lipinski definition) is 2. The summed E-state index contributed by atoms with van der Waals surface area (Å²) in [4.78, 5) is 44.0. The summed E-state index contributed by atoms with van der Waals surface area (Å²) in [6.45, 7) is 1.03. The molecule has 1 aliphatic rings. The van der Waals surface area contributed by atoms with E-state index >= 15 is 0 Å². The monoisotopic (exact) mass is 478 g/mol. The molecule has 1 unspecified atom stereocenters. The van der Waals surface area contributed by atoms with Crippen LogP contribution in [-0.4, -0.2) is 66.2 Å². The molecule has 2 aromatic heterocycles. The second-order valence-electron chi connectivity index (χ2n) is 7.35. The van der Waals surface area contributed by atoms with Crippen LogP contribution in [0.15, 0.2) is 55.1 Å². The van der Waals surface area contributed by atoms with Gasteiger partial charge in [0.25, 0.3) is 0 Å². The number of carboxylic acid groups (broad SMARTS) is 1. The Labute approximate surface area is 191 Å². The minimum absolute atomic E-state index is 0.146. The van der Waals surface area contributed by atoms with Crippen molar-refractivity contribution in [1.82, 2.24) is 24.0 Å². The number of imidazole rings is 2. The number of nitrogens with zero attached hydrogens (tertiary/aromatic N) is 5. The number of carbonyl (C=O) groups excluding carboxylic acids is 2. The van der Waals surface area contributed by atoms with E-state index in [4.69, 9.17) is 9.90 Å². The van der Waals surface area contributed by atoms with Crippen LogP contribution < -0.4 is 5.32 Å². The highest BCUT2D eigenvalue weighted by Crippen LogP contribution is 2.26. The molecule has 1 aromatic carbocycles. The molecule has 34 heavy (non-hydrogen) atoms. The minimum Gasteiger partial charge on any atom is -0.475 e. The normalized spacial score (nSPS) is 15.4. The molecule has 4 rings (SSSR count). The highest BCUT2D eigenvalue weighted by Gasteiger charge is 2.38. The molecular weight excluding hydrogens is 457 g/mol. The number of aliphatic carboxylic acids is 1. The molecule has 3 aromatic rings. The summed E-state index contributed by atoms with van der Waals surface area (Å²) in [5.74, 6) is -2.58. The average Bonchev–Trinajstić information content (AvgIpc) is 3.54. The average molecular weight is 478 g/mol. The van der Waals surface area contributed by atoms with Crippen LogP contribution in [0.2, 0.25) is 0 Å². The SMILES string of the molecule is Cn1ccnc1C1CCN(C(=O)C(=O)Nc2nccn2-c2ccccc2)C1.O=C(O)C(F)(F)F. The third kappa shape index (κ3) is 5.79. The van der Waals surface area contributed by atoms with Gasteiger partial charge in [-0.05, 0) is 18.6 Å². The van der Waals surface area contributed by atoms with Gasteiger partial charge in [0.15, 0.2) is 0 Å². The highest BCUT2D eigenvalue weighted by molar-refractivity contribution is 6.39. The molecule has 0 aliphatic carbocycles. The maximum atomic E-state index is 12.6. The molecule has 1 aliphatic heterocycles. The Hall–Kier alpha value is -4.16. The lowest BCUT2D eigenvalue weighted by Crippen LogP contribution is -2.38. The number of benzene rings is 1. The number of carbonyl (C=O) groups is 3. The fourth-order valence-electron chi connectivity index (χ4n) is 3.42. The van der Waals surface area contributed by atoms with Crippen molar-refractivity contribution >= 4 is 23.7 Å². The number of anilines is 1. The van der Waals surface area contributed by atoms with Gasteiger partial charge in [-0.25, -0.2) is 14.8 Å². The summed E-state index contributed by atoms with van der Waals surface area (Å²) in [7, 11) is 1.93. The summed E-state index contributed by atoms with van der Waals surface area (Å²) in [6, 6.07) is 9.50. The molecule has 2 amide bonds. The van der Waals surface area contributed by atoms with Crippen LogP contribution in [0, 0.1) is 0 Å². The van der Waals surface area contributed by atoms with E-state index in [1.165, 1.54) is 0 Å². The standard InChI is InChI=1S/C19H20N6O2.C2HF3O2/c1-23-11-8-20-16(23)14-7-10-24(13-14)18(27)17(26)22-19-21-9-12-25(19)15-5-3-2-4-6-15;3-2(4,5)1(6)7/h2-6,8-9,11-12,14H,7,10,13H2,1H3,(H,21,22,26);(H,6,7). The van der Waals surface area contributed by atoms with E-state index in [9.17, 15) is 22.8 Å². The van der Waals surface area contributed by atoms with Gasteiger partial charge in [0, 0.05) is 56.5 Å². The molecule has 1 fully saturated rings. The summed E-state index contributed by atoms with van der Waals surface area (Å²) in [6.07, 6.45) is 2.66. The van der Waals surface area contributed by atoms with Crippen molar-refractivity contribution in [2.24, 2.45) is 7.05 Å². The zero-order valence-corrected chi connectivity index (χ0v) is 17.9. The van der Waals surface area contributed by atoms with E-state index in [0.717, 1.165) is 17.9 Å². The van der Waals surface area contributed by atoms with Gasteiger partial charge in [0.2, 0.25) is 5.95 Å². The maximum Gasteiger partial charge on any atom is 0.490 e. The number of nitrogens with one attached hydrogen (secondary N) is 1. The molecule has 2 N–H and O–H groups in total. The second kappa shape index (κ2) is 10.2. The summed E-state index contributed by atoms with van der Waals surface area (Å²) in [5, 5.41) is 9.75. The highest BCUT2D eigenvalue weighted by atomic mass is 19.4. The Balaban J connectivity index is 0.000000406. The van der Waals surface area contributed by atoms with E-state index in [1.54, 1.807) is 28.1 Å². The lowest BCUT2D eigenvalue weighted by atomic mass is 10.1. The third-order valence-corrected chi connectivity index (χ3v) is 5.04. The number of aromatic nitrogens is 4. The number of halogens is 3. The van der Waals surface area contributed by atoms with Gasteiger partial charge in [-0.1, -0.05) is 18.2 Å². The Morgan fingerprint density at radius 2 is 1.74 bits per heavy atom. The summed E-state index contributed by atoms with van der Waals surface area (Å²) >= 11 is 0. The van der Waals surface area contributed by atoms with Crippen molar-refractivity contribution in [3.8, 4) is 5.69 Å². The summed E-state index contributed by atoms with van der Waals surface area (Å²) < 4.78 is 35.4. The van der Waals surface area contributed by atoms with Crippen molar-refractivity contribution in [3.63, 3.8) is 0 Å². The molecule has 3 heterocycles. The van der Waals surface area contributed by atoms with Crippen LogP contribution in [0.5, 0.6) is 0 Å². The molecule has 0 radical (unpaired) electrons. The van der Waals surface area contributed by atoms with Crippen LogP contribution in [-0.2, 0) is 21.4 Å². The molecule has 0 saturated carbocycles. The fraction of sp³-hybridized carbons (Fsp3) is 0.286. The number of carboxylic acids is 1. The van der Waals surface area contributed by atoms with E-state index < -0.39 is 24.0 Å². The van der Waals surface area contributed by atoms with Crippen molar-refractivity contribution < 1.29 is 32.7 Å². The van der Waals surface area contributed by atoms with E-state index in [2.05, 4.69) is 15.3 Å². The van der Waals surface area contributed by atoms with Gasteiger partial charge in [-0.3, -0.25) is 19.5 Å². The summed E-state index contributed by atoms with van der Waals surface area (Å²) in [5.41, 5.74) is 0.855. The van der Waals surface area contributed by atoms with Gasteiger partial charge in [0.05, 0.1) is 0 Å². The Morgan fingerprint density at radius 3 is 2.32 bits per heavy atom. The number of rotatable bonds is 3. The first-order chi connectivity index (χ1) is 16.1. The Bertz CT molecular complexity index is 1160. The predicted molar refractivity (Wildman–Crippen MR) is 113 cm³/mol. The number of alkyl halides is 3. The first-order valence-electron chi connectivity index (χ1n) is 10.0. The zero-order chi connectivity index (χ0) is 24.9. The molecule has 0 bridgehead atoms. The largest absolute Gasteiger partial charge is 0.490 e. The van der Waals surface area contributed by atoms with Crippen LogP contribution in [0.4, 0.5) is 19.1 Å². The molecule has 1 atom stereocenters. The molecule has 1 saturated heterocycles. The van der Waals surface area contributed by atoms with E-state index in [-0.39, 0.29) is 5.92 Å². The van der Waals surface area contributed by atoms with E-state index in [0.29, 0.717) is 19.0 Å². The van der Waals surface area contributed by atoms with Crippen molar-refractivity contribution in [2.75, 3.05) is 18.4 Å². The molecule has 0 spiro atoms. The number of para-hydroxylation sites is 1. The zero-order valence-electron chi connectivity index (χ0n) is 17.9. The topological polar surface area (TPSA) is 122 Å². The minimum atomic E-state index is -5.08. The first kappa shape index (κ1) is 24.5. The third-order valence-electron chi connectivity index (χ3n) is 5.04. The van der Waals surface area contributed by atoms with Gasteiger partial charge >= 0.3 is 24.0 Å². The Kier molecular flexibility index (Phi) is 7.34. The molecule has 10 nitrogen and oxygen atoms in total. The lowest BCUT2D eigenvalue weighted by molar-refractivity contribution is -0.192. The molecule has 13 heteroatoms. The van der Waals surface area contributed by atoms with Crippen molar-refractivity contribution in [3.05, 3.63) is 60.9 Å². The van der Waals surface area contributed by atoms with Crippen LogP contribution >= 0.6 is 0 Å². The molecule has 180 valence electrons. The van der Waals surface area contributed by atoms with Gasteiger partial charge in [0.1, 0.15) is 5.82 Å². The fourth-order valence-corrected chi connectivity index (χ4v) is 3.42. The van der Waals surface area contributed by atoms with Gasteiger partial charge < -0.3 is 14.6 Å². The maximum absolute atomic E-state index is 12.6. The smallest absolute Gasteiger partial charge is 0.475 e. The number of aryl methyl sites for hydroxylation is 1. The second-order valence-corrected chi connectivity index (χ2v) is 7.35. The molecular formula is C21H21F3N6O4. The first-order valence-corrected chi connectivity index (χ1v) is 10.0. The number of hydrogen-bond acceptors (Lipinski definition) is 5. The lowest BCUT2D eigenvalue weighted by Gasteiger charge is -2.16. The Morgan fingerprint density at radius 1 is 1.09 bits per heavy atom. The number of likely N-dealkylation sites (tertiary alicyclic amines) is 1. The predicted octanol–water partition coefficient (Wildman–Crippen LogP) is 2.19. The van der Waals surface area contributed by atoms with Crippen molar-refractivity contribution in [1.29, 1.82) is 0 Å². The van der Waals surface area contributed by atoms with Crippen LogP contribution in [0.25, 0.3) is 5.69 Å². The van der Waals surface area contributed by atoms with E-state index in [1.807, 2.05) is 48.1 Å². The van der Waals surface area contributed by atoms with Gasteiger partial charge in [-0.2, -0.15) is 13.2 Å².